The van der Waals surface area contributed by atoms with E-state index in [2.05, 4.69) is 5.32 Å². The van der Waals surface area contributed by atoms with E-state index in [0.717, 1.165) is 13.1 Å². The zero-order valence-corrected chi connectivity index (χ0v) is 8.90. The van der Waals surface area contributed by atoms with Crippen molar-refractivity contribution in [2.45, 2.75) is 0 Å². The van der Waals surface area contributed by atoms with Crippen LogP contribution in [0.5, 0.6) is 0 Å². The third kappa shape index (κ3) is 1.78. The van der Waals surface area contributed by atoms with E-state index in [1.807, 2.05) is 0 Å². The second-order valence-corrected chi connectivity index (χ2v) is 4.16. The van der Waals surface area contributed by atoms with Crippen LogP contribution in [-0.2, 0) is 0 Å². The van der Waals surface area contributed by atoms with Gasteiger partial charge in [0.05, 0.1) is 10.0 Å². The Hall–Kier alpha value is -0.570. The summed E-state index contributed by atoms with van der Waals surface area (Å²) in [6.45, 7) is 1.53. The molecule has 1 saturated heterocycles. The quantitative estimate of drug-likeness (QED) is 0.790. The van der Waals surface area contributed by atoms with Gasteiger partial charge in [-0.15, -0.1) is 0 Å². The van der Waals surface area contributed by atoms with Gasteiger partial charge < -0.3 is 5.32 Å². The van der Waals surface area contributed by atoms with Crippen LogP contribution in [0, 0.1) is 5.92 Å². The fraction of sp³-hybridized carbons (Fsp3) is 0.300. The average Bonchev–Trinajstić information content (AvgIpc) is 2.06. The van der Waals surface area contributed by atoms with E-state index in [1.165, 1.54) is 0 Å². The topological polar surface area (TPSA) is 29.1 Å². The van der Waals surface area contributed by atoms with Crippen LogP contribution >= 0.6 is 23.2 Å². The Morgan fingerprint density at radius 1 is 1.29 bits per heavy atom. The normalized spacial score (nSPS) is 16.4. The molecule has 0 radical (unpaired) electrons. The average molecular weight is 230 g/mol. The van der Waals surface area contributed by atoms with Gasteiger partial charge in [-0.05, 0) is 18.2 Å². The fourth-order valence-electron chi connectivity index (χ4n) is 1.36. The lowest BCUT2D eigenvalue weighted by Gasteiger charge is -2.25. The number of carbonyl (C=O) groups excluding carboxylic acids is 1. The van der Waals surface area contributed by atoms with Crippen molar-refractivity contribution in [3.05, 3.63) is 33.8 Å². The second kappa shape index (κ2) is 3.89. The van der Waals surface area contributed by atoms with Gasteiger partial charge in [0.25, 0.3) is 0 Å². The maximum absolute atomic E-state index is 11.7. The van der Waals surface area contributed by atoms with Crippen LogP contribution in [0.3, 0.4) is 0 Å². The predicted octanol–water partition coefficient (Wildman–Crippen LogP) is 2.40. The Bertz CT molecular complexity index is 374. The van der Waals surface area contributed by atoms with Gasteiger partial charge in [0.2, 0.25) is 0 Å². The van der Waals surface area contributed by atoms with Crippen LogP contribution in [0.4, 0.5) is 0 Å². The Kier molecular flexibility index (Phi) is 2.77. The molecule has 4 heteroatoms. The lowest BCUT2D eigenvalue weighted by molar-refractivity contribution is 0.0878. The minimum absolute atomic E-state index is 0.104. The number of halogens is 2. The summed E-state index contributed by atoms with van der Waals surface area (Å²) < 4.78 is 0. The Labute approximate surface area is 92.2 Å². The van der Waals surface area contributed by atoms with E-state index in [-0.39, 0.29) is 11.7 Å². The SMILES string of the molecule is O=C(c1ccc(Cl)c(Cl)c1)C1CNC1. The Balaban J connectivity index is 2.23. The molecule has 0 aromatic heterocycles. The highest BCUT2D eigenvalue weighted by atomic mass is 35.5. The van der Waals surface area contributed by atoms with E-state index in [0.29, 0.717) is 15.6 Å². The smallest absolute Gasteiger partial charge is 0.168 e. The molecule has 0 bridgehead atoms. The van der Waals surface area contributed by atoms with Crippen LogP contribution < -0.4 is 5.32 Å². The molecule has 1 N–H and O–H groups in total. The molecule has 0 spiro atoms. The first-order valence-electron chi connectivity index (χ1n) is 4.38. The first-order chi connectivity index (χ1) is 6.68. The number of nitrogens with one attached hydrogen (secondary N) is 1. The summed E-state index contributed by atoms with van der Waals surface area (Å²) in [5.41, 5.74) is 0.644. The van der Waals surface area contributed by atoms with Crippen molar-refractivity contribution in [2.75, 3.05) is 13.1 Å². The van der Waals surface area contributed by atoms with E-state index >= 15 is 0 Å². The first kappa shape index (κ1) is 9.97. The molecule has 1 aliphatic rings. The highest BCUT2D eigenvalue weighted by Crippen LogP contribution is 2.24. The monoisotopic (exact) mass is 229 g/mol. The number of rotatable bonds is 2. The second-order valence-electron chi connectivity index (χ2n) is 3.35. The van der Waals surface area contributed by atoms with Gasteiger partial charge in [0, 0.05) is 24.6 Å². The number of Topliss-reactive ketones (excluding diaryl/α,β-unsaturated/α-hetero) is 1. The molecular weight excluding hydrogens is 221 g/mol. The van der Waals surface area contributed by atoms with Crippen molar-refractivity contribution in [3.8, 4) is 0 Å². The van der Waals surface area contributed by atoms with Crippen LogP contribution in [0.1, 0.15) is 10.4 Å². The summed E-state index contributed by atoms with van der Waals surface area (Å²) >= 11 is 11.6. The number of benzene rings is 1. The molecule has 0 saturated carbocycles. The molecule has 0 unspecified atom stereocenters. The number of carbonyl (C=O) groups is 1. The zero-order chi connectivity index (χ0) is 10.1. The molecule has 0 aliphatic carbocycles. The van der Waals surface area contributed by atoms with Crippen molar-refractivity contribution in [2.24, 2.45) is 5.92 Å². The minimum Gasteiger partial charge on any atom is -0.315 e. The van der Waals surface area contributed by atoms with Crippen LogP contribution in [-0.4, -0.2) is 18.9 Å². The van der Waals surface area contributed by atoms with Gasteiger partial charge in [-0.1, -0.05) is 23.2 Å². The highest BCUT2D eigenvalue weighted by molar-refractivity contribution is 6.42. The number of hydrogen-bond acceptors (Lipinski definition) is 2. The van der Waals surface area contributed by atoms with E-state index in [9.17, 15) is 4.79 Å². The fourth-order valence-corrected chi connectivity index (χ4v) is 1.66. The van der Waals surface area contributed by atoms with Gasteiger partial charge in [-0.25, -0.2) is 0 Å². The minimum atomic E-state index is 0.104. The molecule has 0 atom stereocenters. The number of hydrogen-bond donors (Lipinski definition) is 1. The molecule has 1 aromatic rings. The van der Waals surface area contributed by atoms with Gasteiger partial charge in [0.1, 0.15) is 0 Å². The van der Waals surface area contributed by atoms with Gasteiger partial charge >= 0.3 is 0 Å². The first-order valence-corrected chi connectivity index (χ1v) is 5.14. The van der Waals surface area contributed by atoms with Crippen molar-refractivity contribution >= 4 is 29.0 Å². The summed E-state index contributed by atoms with van der Waals surface area (Å²) in [6, 6.07) is 5.00. The van der Waals surface area contributed by atoms with Crippen molar-refractivity contribution in [1.82, 2.24) is 5.32 Å². The predicted molar refractivity (Wildman–Crippen MR) is 57.2 cm³/mol. The van der Waals surface area contributed by atoms with E-state index in [1.54, 1.807) is 18.2 Å². The molecule has 0 amide bonds. The molecule has 14 heavy (non-hydrogen) atoms. The van der Waals surface area contributed by atoms with Crippen LogP contribution in [0.2, 0.25) is 10.0 Å². The van der Waals surface area contributed by atoms with Gasteiger partial charge in [0.15, 0.2) is 5.78 Å². The van der Waals surface area contributed by atoms with Crippen molar-refractivity contribution in [1.29, 1.82) is 0 Å². The molecule has 74 valence electrons. The molecule has 1 fully saturated rings. The zero-order valence-electron chi connectivity index (χ0n) is 7.39. The molecule has 1 aliphatic heterocycles. The molecule has 1 heterocycles. The summed E-state index contributed by atoms with van der Waals surface area (Å²) in [5.74, 6) is 0.245. The summed E-state index contributed by atoms with van der Waals surface area (Å²) in [4.78, 5) is 11.7. The van der Waals surface area contributed by atoms with E-state index < -0.39 is 0 Å². The van der Waals surface area contributed by atoms with Gasteiger partial charge in [-0.2, -0.15) is 0 Å². The Morgan fingerprint density at radius 2 is 2.00 bits per heavy atom. The van der Waals surface area contributed by atoms with Crippen LogP contribution in [0.15, 0.2) is 18.2 Å². The summed E-state index contributed by atoms with van der Waals surface area (Å²) in [5, 5.41) is 3.97. The highest BCUT2D eigenvalue weighted by Gasteiger charge is 2.25. The molecule has 1 aromatic carbocycles. The number of ketones is 1. The van der Waals surface area contributed by atoms with Gasteiger partial charge in [-0.3, -0.25) is 4.79 Å². The summed E-state index contributed by atoms with van der Waals surface area (Å²) in [7, 11) is 0. The lowest BCUT2D eigenvalue weighted by Crippen LogP contribution is -2.46. The summed E-state index contributed by atoms with van der Waals surface area (Å²) in [6.07, 6.45) is 0. The molecule has 2 nitrogen and oxygen atoms in total. The standard InChI is InChI=1S/C10H9Cl2NO/c11-8-2-1-6(3-9(8)12)10(14)7-4-13-5-7/h1-3,7,13H,4-5H2. The largest absolute Gasteiger partial charge is 0.315 e. The Morgan fingerprint density at radius 3 is 2.50 bits per heavy atom. The van der Waals surface area contributed by atoms with Crippen LogP contribution in [0.25, 0.3) is 0 Å². The van der Waals surface area contributed by atoms with E-state index in [4.69, 9.17) is 23.2 Å². The maximum atomic E-state index is 11.7. The lowest BCUT2D eigenvalue weighted by atomic mass is 9.93. The van der Waals surface area contributed by atoms with Crippen molar-refractivity contribution in [3.63, 3.8) is 0 Å². The third-order valence-corrected chi connectivity index (χ3v) is 3.10. The molecular formula is C10H9Cl2NO. The third-order valence-electron chi connectivity index (χ3n) is 2.36. The van der Waals surface area contributed by atoms with Crippen molar-refractivity contribution < 1.29 is 4.79 Å². The maximum Gasteiger partial charge on any atom is 0.168 e. The molecule has 2 rings (SSSR count).